The molecule has 1 aromatic rings. The molecule has 0 radical (unpaired) electrons. The average molecular weight is 265 g/mol. The summed E-state index contributed by atoms with van der Waals surface area (Å²) in [6.07, 6.45) is 1.10. The predicted molar refractivity (Wildman–Crippen MR) is 70.1 cm³/mol. The van der Waals surface area contributed by atoms with E-state index in [0.717, 1.165) is 12.8 Å². The van der Waals surface area contributed by atoms with Gasteiger partial charge in [0, 0.05) is 13.1 Å². The number of amides is 1. The Morgan fingerprint density at radius 1 is 1.26 bits per heavy atom. The van der Waals surface area contributed by atoms with Crippen molar-refractivity contribution < 1.29 is 20.1 Å². The molecule has 0 aromatic heterocycles. The smallest absolute Gasteiger partial charge is 0.261 e. The molecule has 1 heterocycles. The Labute approximate surface area is 112 Å². The van der Waals surface area contributed by atoms with Crippen molar-refractivity contribution in [3.8, 4) is 11.5 Å². The van der Waals surface area contributed by atoms with Crippen LogP contribution in [0.2, 0.25) is 0 Å². The highest BCUT2D eigenvalue weighted by atomic mass is 16.3. The van der Waals surface area contributed by atoms with E-state index in [1.807, 2.05) is 0 Å². The third-order valence-corrected chi connectivity index (χ3v) is 3.74. The summed E-state index contributed by atoms with van der Waals surface area (Å²) in [6.45, 7) is 2.82. The van der Waals surface area contributed by atoms with Crippen LogP contribution in [0.5, 0.6) is 11.5 Å². The van der Waals surface area contributed by atoms with E-state index in [4.69, 9.17) is 0 Å². The van der Waals surface area contributed by atoms with Gasteiger partial charge in [0.05, 0.1) is 6.10 Å². The van der Waals surface area contributed by atoms with Crippen LogP contribution in [0.25, 0.3) is 0 Å². The van der Waals surface area contributed by atoms with Gasteiger partial charge in [0.15, 0.2) is 0 Å². The van der Waals surface area contributed by atoms with Gasteiger partial charge in [0.1, 0.15) is 17.1 Å². The van der Waals surface area contributed by atoms with Crippen molar-refractivity contribution in [1.29, 1.82) is 0 Å². The number of carbonyl (C=O) groups is 1. The molecule has 5 heteroatoms. The maximum atomic E-state index is 12.3. The van der Waals surface area contributed by atoms with Crippen LogP contribution < -0.4 is 0 Å². The fraction of sp³-hybridized carbons (Fsp3) is 0.500. The summed E-state index contributed by atoms with van der Waals surface area (Å²) in [6, 6.07) is 4.26. The lowest BCUT2D eigenvalue weighted by atomic mass is 9.92. The van der Waals surface area contributed by atoms with Crippen molar-refractivity contribution in [1.82, 2.24) is 4.90 Å². The number of piperidine rings is 1. The molecule has 1 amide bonds. The SMILES string of the molecule is CC(O)C1CCN(C(=O)c2c(O)cccc2O)CC1. The Balaban J connectivity index is 2.10. The quantitative estimate of drug-likeness (QED) is 0.753. The first kappa shape index (κ1) is 13.7. The molecule has 0 bridgehead atoms. The van der Waals surface area contributed by atoms with Gasteiger partial charge in [-0.05, 0) is 37.8 Å². The summed E-state index contributed by atoms with van der Waals surface area (Å²) >= 11 is 0. The third-order valence-electron chi connectivity index (χ3n) is 3.74. The lowest BCUT2D eigenvalue weighted by Gasteiger charge is -2.33. The Kier molecular flexibility index (Phi) is 3.95. The van der Waals surface area contributed by atoms with Crippen LogP contribution in [0.3, 0.4) is 0 Å². The molecule has 2 rings (SSSR count). The van der Waals surface area contributed by atoms with Crippen molar-refractivity contribution >= 4 is 5.91 Å². The molecule has 1 unspecified atom stereocenters. The Morgan fingerprint density at radius 3 is 2.26 bits per heavy atom. The summed E-state index contributed by atoms with van der Waals surface area (Å²) in [4.78, 5) is 13.9. The van der Waals surface area contributed by atoms with Gasteiger partial charge < -0.3 is 20.2 Å². The standard InChI is InChI=1S/C14H19NO4/c1-9(16)10-5-7-15(8-6-10)14(19)13-11(17)3-2-4-12(13)18/h2-4,9-10,16-18H,5-8H2,1H3. The summed E-state index contributed by atoms with van der Waals surface area (Å²) < 4.78 is 0. The second-order valence-corrected chi connectivity index (χ2v) is 5.04. The first-order valence-corrected chi connectivity index (χ1v) is 6.49. The first-order chi connectivity index (χ1) is 9.00. The third kappa shape index (κ3) is 2.81. The summed E-state index contributed by atoms with van der Waals surface area (Å²) in [5, 5.41) is 28.9. The van der Waals surface area contributed by atoms with Gasteiger partial charge in [-0.2, -0.15) is 0 Å². The highest BCUT2D eigenvalue weighted by Gasteiger charge is 2.28. The minimum atomic E-state index is -0.365. The van der Waals surface area contributed by atoms with E-state index in [1.165, 1.54) is 18.2 Å². The van der Waals surface area contributed by atoms with E-state index in [2.05, 4.69) is 0 Å². The van der Waals surface area contributed by atoms with E-state index in [1.54, 1.807) is 11.8 Å². The number of aliphatic hydroxyl groups is 1. The molecule has 1 aromatic carbocycles. The molecule has 1 saturated heterocycles. The molecular weight excluding hydrogens is 246 g/mol. The highest BCUT2D eigenvalue weighted by molar-refractivity contribution is 5.99. The van der Waals surface area contributed by atoms with Gasteiger partial charge >= 0.3 is 0 Å². The number of aromatic hydroxyl groups is 2. The van der Waals surface area contributed by atoms with Crippen LogP contribution in [-0.2, 0) is 0 Å². The van der Waals surface area contributed by atoms with Crippen molar-refractivity contribution in [2.45, 2.75) is 25.9 Å². The lowest BCUT2D eigenvalue weighted by Crippen LogP contribution is -2.40. The number of phenolic OH excluding ortho intramolecular Hbond substituents is 2. The van der Waals surface area contributed by atoms with E-state index >= 15 is 0 Å². The van der Waals surface area contributed by atoms with Gasteiger partial charge in [-0.25, -0.2) is 0 Å². The summed E-state index contributed by atoms with van der Waals surface area (Å²) in [7, 11) is 0. The highest BCUT2D eigenvalue weighted by Crippen LogP contribution is 2.29. The number of likely N-dealkylation sites (tertiary alicyclic amines) is 1. The van der Waals surface area contributed by atoms with E-state index in [-0.39, 0.29) is 35.0 Å². The number of benzene rings is 1. The fourth-order valence-electron chi connectivity index (χ4n) is 2.49. The molecule has 1 aliphatic rings. The van der Waals surface area contributed by atoms with Gasteiger partial charge in [-0.15, -0.1) is 0 Å². The van der Waals surface area contributed by atoms with Crippen LogP contribution >= 0.6 is 0 Å². The van der Waals surface area contributed by atoms with E-state index in [0.29, 0.717) is 13.1 Å². The van der Waals surface area contributed by atoms with E-state index < -0.39 is 0 Å². The Hall–Kier alpha value is -1.75. The van der Waals surface area contributed by atoms with Crippen LogP contribution in [0, 0.1) is 5.92 Å². The molecule has 0 saturated carbocycles. The first-order valence-electron chi connectivity index (χ1n) is 6.49. The van der Waals surface area contributed by atoms with Crippen LogP contribution in [0.1, 0.15) is 30.1 Å². The second-order valence-electron chi connectivity index (χ2n) is 5.04. The van der Waals surface area contributed by atoms with Gasteiger partial charge in [0.25, 0.3) is 5.91 Å². The second kappa shape index (κ2) is 5.48. The number of aliphatic hydroxyl groups excluding tert-OH is 1. The van der Waals surface area contributed by atoms with Crippen molar-refractivity contribution in [2.24, 2.45) is 5.92 Å². The number of hydrogen-bond donors (Lipinski definition) is 3. The van der Waals surface area contributed by atoms with Crippen molar-refractivity contribution in [3.63, 3.8) is 0 Å². The normalized spacial score (nSPS) is 18.3. The van der Waals surface area contributed by atoms with Gasteiger partial charge in [-0.1, -0.05) is 6.07 Å². The zero-order valence-corrected chi connectivity index (χ0v) is 10.9. The largest absolute Gasteiger partial charge is 0.507 e. The van der Waals surface area contributed by atoms with Gasteiger partial charge in [-0.3, -0.25) is 4.79 Å². The molecule has 1 fully saturated rings. The molecule has 0 aliphatic carbocycles. The maximum Gasteiger partial charge on any atom is 0.261 e. The lowest BCUT2D eigenvalue weighted by molar-refractivity contribution is 0.0517. The number of nitrogens with zero attached hydrogens (tertiary/aromatic N) is 1. The average Bonchev–Trinajstić information content (AvgIpc) is 2.38. The molecule has 3 N–H and O–H groups in total. The minimum Gasteiger partial charge on any atom is -0.507 e. The maximum absolute atomic E-state index is 12.3. The molecular formula is C14H19NO4. The number of rotatable bonds is 2. The molecule has 5 nitrogen and oxygen atoms in total. The summed E-state index contributed by atoms with van der Waals surface area (Å²) in [5.74, 6) is -0.563. The predicted octanol–water partition coefficient (Wildman–Crippen LogP) is 1.33. The van der Waals surface area contributed by atoms with Crippen LogP contribution in [0.15, 0.2) is 18.2 Å². The molecule has 1 aliphatic heterocycles. The van der Waals surface area contributed by atoms with Crippen LogP contribution in [-0.4, -0.2) is 45.3 Å². The molecule has 19 heavy (non-hydrogen) atoms. The number of hydrogen-bond acceptors (Lipinski definition) is 4. The van der Waals surface area contributed by atoms with E-state index in [9.17, 15) is 20.1 Å². The fourth-order valence-corrected chi connectivity index (χ4v) is 2.49. The Bertz CT molecular complexity index is 444. The van der Waals surface area contributed by atoms with Crippen molar-refractivity contribution in [3.05, 3.63) is 23.8 Å². The zero-order chi connectivity index (χ0) is 14.0. The van der Waals surface area contributed by atoms with Crippen LogP contribution in [0.4, 0.5) is 0 Å². The summed E-state index contributed by atoms with van der Waals surface area (Å²) in [5.41, 5.74) is -0.0435. The topological polar surface area (TPSA) is 81.0 Å². The van der Waals surface area contributed by atoms with Crippen molar-refractivity contribution in [2.75, 3.05) is 13.1 Å². The number of carbonyl (C=O) groups excluding carboxylic acids is 1. The molecule has 1 atom stereocenters. The number of phenols is 2. The minimum absolute atomic E-state index is 0.0435. The molecule has 104 valence electrons. The molecule has 0 spiro atoms. The Morgan fingerprint density at radius 2 is 1.79 bits per heavy atom. The monoisotopic (exact) mass is 265 g/mol. The zero-order valence-electron chi connectivity index (χ0n) is 10.9. The van der Waals surface area contributed by atoms with Gasteiger partial charge in [0.2, 0.25) is 0 Å².